The van der Waals surface area contributed by atoms with Gasteiger partial charge in [-0.3, -0.25) is 14.8 Å². The number of carbonyl (C=O) groups excluding carboxylic acids is 1. The van der Waals surface area contributed by atoms with E-state index in [1.807, 2.05) is 4.98 Å². The zero-order chi connectivity index (χ0) is 19.3. The summed E-state index contributed by atoms with van der Waals surface area (Å²) in [6, 6.07) is 0. The molecule has 3 heterocycles. The first-order valence-electron chi connectivity index (χ1n) is 6.51. The number of esters is 1. The number of rotatable bonds is 0. The number of hydrogen-bond acceptors (Lipinski definition) is 10. The van der Waals surface area contributed by atoms with E-state index in [4.69, 9.17) is 15.3 Å². The summed E-state index contributed by atoms with van der Waals surface area (Å²) in [6.45, 7) is 2.96. The third-order valence-corrected chi connectivity index (χ3v) is 3.33. The molecule has 0 saturated heterocycles. The van der Waals surface area contributed by atoms with Crippen molar-refractivity contribution in [2.45, 2.75) is 20.0 Å². The smallest absolute Gasteiger partial charge is 0.419 e. The molecule has 0 saturated carbocycles. The van der Waals surface area contributed by atoms with Gasteiger partial charge in [0.15, 0.2) is 17.6 Å². The highest BCUT2D eigenvalue weighted by Gasteiger charge is 2.30. The fourth-order valence-corrected chi connectivity index (χ4v) is 1.83. The first-order valence-corrected chi connectivity index (χ1v) is 7.28. The van der Waals surface area contributed by atoms with Gasteiger partial charge >= 0.3 is 22.3 Å². The van der Waals surface area contributed by atoms with Crippen molar-refractivity contribution in [2.75, 3.05) is 0 Å². The average molecular weight is 377 g/mol. The van der Waals surface area contributed by atoms with Crippen LogP contribution in [0.5, 0.6) is 5.88 Å². The van der Waals surface area contributed by atoms with Crippen molar-refractivity contribution in [1.29, 1.82) is 0 Å². The number of aliphatic hydroxyl groups is 2. The molecule has 25 heavy (non-hydrogen) atoms. The van der Waals surface area contributed by atoms with Gasteiger partial charge in [-0.15, -0.1) is 0 Å². The molecule has 3 rings (SSSR count). The van der Waals surface area contributed by atoms with E-state index in [0.717, 1.165) is 11.5 Å². The molecule has 1 aliphatic rings. The van der Waals surface area contributed by atoms with Gasteiger partial charge in [0.2, 0.25) is 11.6 Å². The monoisotopic (exact) mass is 377 g/mol. The molecule has 5 N–H and O–H groups in total. The lowest BCUT2D eigenvalue weighted by Gasteiger charge is -1.98. The van der Waals surface area contributed by atoms with Crippen molar-refractivity contribution in [1.82, 2.24) is 13.9 Å². The number of oxazole rings is 1. The van der Waals surface area contributed by atoms with Crippen LogP contribution in [-0.2, 0) is 16.6 Å². The maximum Gasteiger partial charge on any atom is 0.419 e. The fourth-order valence-electron chi connectivity index (χ4n) is 1.32. The summed E-state index contributed by atoms with van der Waals surface area (Å²) in [7, 11) is 1.53. The molecular weight excluding hydrogens is 362 g/mol. The van der Waals surface area contributed by atoms with Gasteiger partial charge in [-0.25, -0.2) is 18.3 Å². The zero-order valence-corrected chi connectivity index (χ0v) is 14.0. The van der Waals surface area contributed by atoms with Crippen molar-refractivity contribution < 1.29 is 29.3 Å². The third-order valence-electron chi connectivity index (χ3n) is 2.62. The van der Waals surface area contributed by atoms with Crippen LogP contribution in [0.25, 0.3) is 0 Å². The second kappa shape index (κ2) is 8.05. The van der Waals surface area contributed by atoms with E-state index in [0.29, 0.717) is 0 Å². The van der Waals surface area contributed by atoms with Crippen molar-refractivity contribution in [2.24, 2.45) is 7.05 Å². The molecular formula is C12H15N3O9S. The van der Waals surface area contributed by atoms with Gasteiger partial charge in [0.25, 0.3) is 0 Å². The van der Waals surface area contributed by atoms with Crippen LogP contribution < -0.4 is 16.3 Å². The number of aromatic nitrogens is 3. The predicted molar refractivity (Wildman–Crippen MR) is 83.7 cm³/mol. The number of aliphatic hydroxyl groups excluding tert-OH is 2. The average Bonchev–Trinajstić information content (AvgIpc) is 3.05. The Labute approximate surface area is 142 Å². The zero-order valence-electron chi connectivity index (χ0n) is 13.2. The molecule has 1 unspecified atom stereocenters. The van der Waals surface area contributed by atoms with Gasteiger partial charge in [-0.1, -0.05) is 0 Å². The number of aryl methyl sites for hydroxylation is 2. The molecule has 0 spiro atoms. The summed E-state index contributed by atoms with van der Waals surface area (Å²) in [5.41, 5.74) is -0.347. The van der Waals surface area contributed by atoms with E-state index < -0.39 is 23.6 Å². The van der Waals surface area contributed by atoms with Crippen LogP contribution in [0.2, 0.25) is 0 Å². The number of H-pyrrole nitrogens is 2. The van der Waals surface area contributed by atoms with Gasteiger partial charge in [0, 0.05) is 18.6 Å². The van der Waals surface area contributed by atoms with E-state index in [1.165, 1.54) is 24.9 Å². The highest BCUT2D eigenvalue weighted by Crippen LogP contribution is 2.16. The maximum atomic E-state index is 10.4. The van der Waals surface area contributed by atoms with Gasteiger partial charge in [-0.05, 0) is 13.8 Å². The van der Waals surface area contributed by atoms with Gasteiger partial charge in [-0.2, -0.15) is 0 Å². The Balaban J connectivity index is 0.000000188. The van der Waals surface area contributed by atoms with Crippen molar-refractivity contribution in [3.8, 4) is 5.88 Å². The molecule has 13 heteroatoms. The third kappa shape index (κ3) is 5.42. The number of ether oxygens (including phenoxy) is 1. The van der Waals surface area contributed by atoms with Crippen LogP contribution in [-0.4, -0.2) is 41.3 Å². The minimum absolute atomic E-state index is 0.199. The Hall–Kier alpha value is -3.22. The largest absolute Gasteiger partial charge is 0.505 e. The molecule has 0 bridgehead atoms. The highest BCUT2D eigenvalue weighted by molar-refractivity contribution is 7.03. The van der Waals surface area contributed by atoms with Gasteiger partial charge < -0.3 is 24.5 Å². The van der Waals surface area contributed by atoms with Crippen LogP contribution in [0.1, 0.15) is 12.7 Å². The summed E-state index contributed by atoms with van der Waals surface area (Å²) in [5.74, 6) is -2.53. The van der Waals surface area contributed by atoms with Gasteiger partial charge in [0.1, 0.15) is 0 Å². The molecule has 2 aromatic rings. The predicted octanol–water partition coefficient (Wildman–Crippen LogP) is -0.624. The van der Waals surface area contributed by atoms with Crippen LogP contribution in [0.15, 0.2) is 30.3 Å². The lowest BCUT2D eigenvalue weighted by molar-refractivity contribution is -0.141. The summed E-state index contributed by atoms with van der Waals surface area (Å²) >= 11 is 0.862. The van der Waals surface area contributed by atoms with Crippen LogP contribution in [0.4, 0.5) is 0 Å². The normalized spacial score (nSPS) is 15.8. The van der Waals surface area contributed by atoms with E-state index in [1.54, 1.807) is 0 Å². The SMILES string of the molecule is CC1OC(=O)C(O)=C1O.Cc1oc(=O)[nH]c1O.Cn1sc(=O)[nH]c1=O. The first kappa shape index (κ1) is 19.8. The topological polar surface area (TPSA) is 188 Å². The maximum absolute atomic E-state index is 10.4. The molecule has 1 aliphatic heterocycles. The highest BCUT2D eigenvalue weighted by atomic mass is 32.1. The second-order valence-corrected chi connectivity index (χ2v) is 5.61. The fraction of sp³-hybridized carbons (Fsp3) is 0.333. The lowest BCUT2D eigenvalue weighted by atomic mass is 10.3. The molecule has 0 aromatic carbocycles. The van der Waals surface area contributed by atoms with Crippen molar-refractivity contribution in [3.05, 3.63) is 48.0 Å². The van der Waals surface area contributed by atoms with Crippen molar-refractivity contribution in [3.63, 3.8) is 0 Å². The quantitative estimate of drug-likeness (QED) is 0.372. The van der Waals surface area contributed by atoms with Crippen LogP contribution in [0.3, 0.4) is 0 Å². The molecule has 12 nitrogen and oxygen atoms in total. The Morgan fingerprint density at radius 2 is 1.72 bits per heavy atom. The van der Waals surface area contributed by atoms with Crippen LogP contribution in [0, 0.1) is 6.92 Å². The Bertz CT molecular complexity index is 919. The van der Waals surface area contributed by atoms with E-state index in [-0.39, 0.29) is 28.0 Å². The Morgan fingerprint density at radius 1 is 1.12 bits per heavy atom. The number of aromatic amines is 2. The Kier molecular flexibility index (Phi) is 6.38. The van der Waals surface area contributed by atoms with E-state index in [9.17, 15) is 19.2 Å². The number of cyclic esters (lactones) is 1. The lowest BCUT2D eigenvalue weighted by Crippen LogP contribution is -2.12. The first-order chi connectivity index (χ1) is 11.5. The minimum Gasteiger partial charge on any atom is -0.505 e. The Morgan fingerprint density at radius 3 is 1.84 bits per heavy atom. The number of carbonyl (C=O) groups is 1. The van der Waals surface area contributed by atoms with E-state index >= 15 is 0 Å². The number of hydrogen-bond donors (Lipinski definition) is 5. The summed E-state index contributed by atoms with van der Waals surface area (Å²) < 4.78 is 9.96. The molecule has 0 aliphatic carbocycles. The molecule has 0 amide bonds. The van der Waals surface area contributed by atoms with Crippen molar-refractivity contribution >= 4 is 17.5 Å². The second-order valence-electron chi connectivity index (χ2n) is 4.51. The standard InChI is InChI=1S/C5H6O4.C4H5NO3.C3H4N2O2S/c1-2-3(6)4(7)5(8)9-2;1-2-3(6)5-4(7)8-2;1-5-2(6)4-3(7)8-5/h2,6-7H,1H3;6H,1H3,(H,5,7);1H3,(H,4,6,7). The summed E-state index contributed by atoms with van der Waals surface area (Å²) in [5, 5.41) is 25.9. The molecule has 1 atom stereocenters. The minimum atomic E-state index is -0.861. The van der Waals surface area contributed by atoms with E-state index in [2.05, 4.69) is 14.1 Å². The number of nitrogens with zero attached hydrogens (tertiary/aromatic N) is 1. The molecule has 138 valence electrons. The molecule has 0 fully saturated rings. The van der Waals surface area contributed by atoms with Crippen LogP contribution >= 0.6 is 11.5 Å². The molecule has 0 radical (unpaired) electrons. The number of nitrogens with one attached hydrogen (secondary N) is 2. The summed E-state index contributed by atoms with van der Waals surface area (Å²) in [4.78, 5) is 44.9. The van der Waals surface area contributed by atoms with Gasteiger partial charge in [0.05, 0.1) is 0 Å². The summed E-state index contributed by atoms with van der Waals surface area (Å²) in [6.07, 6.45) is -0.697. The molecule has 2 aromatic heterocycles. The number of aromatic hydroxyl groups is 1.